The Bertz CT molecular complexity index is 507. The summed E-state index contributed by atoms with van der Waals surface area (Å²) < 4.78 is 1.22. The molecule has 0 fully saturated rings. The molecule has 0 amide bonds. The lowest BCUT2D eigenvalue weighted by Crippen LogP contribution is -2.22. The molecule has 4 heteroatoms. The van der Waals surface area contributed by atoms with E-state index in [9.17, 15) is 0 Å². The maximum absolute atomic E-state index is 3.62. The van der Waals surface area contributed by atoms with Crippen LogP contribution in [0.5, 0.6) is 0 Å². The second-order valence-electron chi connectivity index (χ2n) is 4.28. The van der Waals surface area contributed by atoms with Gasteiger partial charge in [0, 0.05) is 26.7 Å². The molecule has 1 aromatic carbocycles. The third-order valence-electron chi connectivity index (χ3n) is 3.05. The molecule has 0 aliphatic rings. The molecule has 1 heterocycles. The van der Waals surface area contributed by atoms with E-state index < -0.39 is 0 Å². The Morgan fingerprint density at radius 3 is 2.53 bits per heavy atom. The molecule has 0 aliphatic heterocycles. The van der Waals surface area contributed by atoms with Crippen molar-refractivity contribution < 1.29 is 0 Å². The van der Waals surface area contributed by atoms with E-state index in [2.05, 4.69) is 70.1 Å². The van der Waals surface area contributed by atoms with E-state index in [0.717, 1.165) is 13.0 Å². The quantitative estimate of drug-likeness (QED) is 0.721. The first-order chi connectivity index (χ1) is 9.24. The van der Waals surface area contributed by atoms with Crippen molar-refractivity contribution in [2.45, 2.75) is 24.3 Å². The summed E-state index contributed by atoms with van der Waals surface area (Å²) in [4.78, 5) is 2.72. The van der Waals surface area contributed by atoms with Crippen LogP contribution in [-0.4, -0.2) is 12.8 Å². The van der Waals surface area contributed by atoms with Crippen molar-refractivity contribution in [3.8, 4) is 0 Å². The maximum atomic E-state index is 3.62. The zero-order valence-corrected chi connectivity index (χ0v) is 14.4. The number of halogens is 1. The Morgan fingerprint density at radius 2 is 2.00 bits per heavy atom. The van der Waals surface area contributed by atoms with E-state index in [-0.39, 0.29) is 0 Å². The number of thioether (sulfide) groups is 1. The fourth-order valence-corrected chi connectivity index (χ4v) is 4.02. The fourth-order valence-electron chi connectivity index (χ4n) is 2.05. The third-order valence-corrected chi connectivity index (χ3v) is 5.74. The summed E-state index contributed by atoms with van der Waals surface area (Å²) in [6.45, 7) is 3.14. The molecule has 0 saturated heterocycles. The van der Waals surface area contributed by atoms with E-state index in [4.69, 9.17) is 0 Å². The molecule has 0 radical (unpaired) electrons. The number of benzene rings is 1. The van der Waals surface area contributed by atoms with E-state index in [1.54, 1.807) is 11.8 Å². The molecular formula is C15H18BrNS2. The molecule has 2 aromatic rings. The van der Waals surface area contributed by atoms with Crippen LogP contribution in [0, 0.1) is 0 Å². The lowest BCUT2D eigenvalue weighted by molar-refractivity contribution is 0.552. The summed E-state index contributed by atoms with van der Waals surface area (Å²) >= 11 is 7.22. The number of hydrogen-bond donors (Lipinski definition) is 1. The van der Waals surface area contributed by atoms with Gasteiger partial charge in [0.25, 0.3) is 0 Å². The van der Waals surface area contributed by atoms with Gasteiger partial charge in [-0.1, -0.05) is 19.1 Å². The van der Waals surface area contributed by atoms with E-state index in [1.807, 2.05) is 11.3 Å². The molecular weight excluding hydrogens is 338 g/mol. The van der Waals surface area contributed by atoms with E-state index in [0.29, 0.717) is 6.04 Å². The molecule has 2 rings (SSSR count). The van der Waals surface area contributed by atoms with E-state index >= 15 is 0 Å². The van der Waals surface area contributed by atoms with Crippen LogP contribution in [0.1, 0.15) is 23.4 Å². The molecule has 0 spiro atoms. The molecule has 102 valence electrons. The van der Waals surface area contributed by atoms with Gasteiger partial charge in [0.05, 0.1) is 0 Å². The summed E-state index contributed by atoms with van der Waals surface area (Å²) in [5, 5.41) is 5.72. The molecule has 1 nitrogen and oxygen atoms in total. The molecule has 1 atom stereocenters. The van der Waals surface area contributed by atoms with Crippen molar-refractivity contribution in [3.05, 3.63) is 50.6 Å². The van der Waals surface area contributed by atoms with Crippen molar-refractivity contribution in [3.63, 3.8) is 0 Å². The minimum absolute atomic E-state index is 0.385. The zero-order valence-electron chi connectivity index (χ0n) is 11.2. The number of rotatable bonds is 6. The Morgan fingerprint density at radius 1 is 1.26 bits per heavy atom. The van der Waals surface area contributed by atoms with Gasteiger partial charge < -0.3 is 5.32 Å². The van der Waals surface area contributed by atoms with Crippen molar-refractivity contribution >= 4 is 39.0 Å². The van der Waals surface area contributed by atoms with Crippen molar-refractivity contribution in [1.29, 1.82) is 0 Å². The first-order valence-electron chi connectivity index (χ1n) is 6.33. The van der Waals surface area contributed by atoms with Crippen molar-refractivity contribution in [2.24, 2.45) is 0 Å². The van der Waals surface area contributed by atoms with Crippen LogP contribution in [0.3, 0.4) is 0 Å². The smallest absolute Gasteiger partial charge is 0.0369 e. The van der Waals surface area contributed by atoms with Gasteiger partial charge in [-0.15, -0.1) is 23.1 Å². The van der Waals surface area contributed by atoms with Gasteiger partial charge in [0.2, 0.25) is 0 Å². The summed E-state index contributed by atoms with van der Waals surface area (Å²) in [5.41, 5.74) is 1.36. The van der Waals surface area contributed by atoms with Crippen molar-refractivity contribution in [1.82, 2.24) is 5.32 Å². The lowest BCUT2D eigenvalue weighted by atomic mass is 10.0. The third kappa shape index (κ3) is 4.09. The highest BCUT2D eigenvalue weighted by atomic mass is 79.9. The summed E-state index contributed by atoms with van der Waals surface area (Å²) in [7, 11) is 0. The molecule has 0 saturated carbocycles. The second kappa shape index (κ2) is 7.48. The van der Waals surface area contributed by atoms with Gasteiger partial charge in [-0.2, -0.15) is 0 Å². The van der Waals surface area contributed by atoms with Gasteiger partial charge in [-0.25, -0.2) is 0 Å². The molecule has 1 N–H and O–H groups in total. The number of nitrogens with one attached hydrogen (secondary N) is 1. The first-order valence-corrected chi connectivity index (χ1v) is 9.23. The maximum Gasteiger partial charge on any atom is 0.0369 e. The minimum atomic E-state index is 0.385. The standard InChI is InChI=1S/C15H18BrNS2/c1-3-17-14(10-15-13(16)8-9-19-15)11-4-6-12(18-2)7-5-11/h4-9,14,17H,3,10H2,1-2H3. The highest BCUT2D eigenvalue weighted by molar-refractivity contribution is 9.10. The average Bonchev–Trinajstić information content (AvgIpc) is 2.84. The highest BCUT2D eigenvalue weighted by Gasteiger charge is 2.13. The normalized spacial score (nSPS) is 12.6. The van der Waals surface area contributed by atoms with Crippen molar-refractivity contribution in [2.75, 3.05) is 12.8 Å². The monoisotopic (exact) mass is 355 g/mol. The van der Waals surface area contributed by atoms with Crippen LogP contribution < -0.4 is 5.32 Å². The first kappa shape index (κ1) is 15.1. The SMILES string of the molecule is CCNC(Cc1sccc1Br)c1ccc(SC)cc1. The minimum Gasteiger partial charge on any atom is -0.310 e. The van der Waals surface area contributed by atoms with E-state index in [1.165, 1.54) is 19.8 Å². The summed E-state index contributed by atoms with van der Waals surface area (Å²) in [6.07, 6.45) is 3.14. The molecule has 19 heavy (non-hydrogen) atoms. The number of thiophene rings is 1. The highest BCUT2D eigenvalue weighted by Crippen LogP contribution is 2.29. The number of likely N-dealkylation sites (N-methyl/N-ethyl adjacent to an activating group) is 1. The largest absolute Gasteiger partial charge is 0.310 e. The number of hydrogen-bond acceptors (Lipinski definition) is 3. The van der Waals surface area contributed by atoms with Gasteiger partial charge in [0.15, 0.2) is 0 Å². The Hall–Kier alpha value is -0.290. The Labute approximate surface area is 131 Å². The topological polar surface area (TPSA) is 12.0 Å². The summed E-state index contributed by atoms with van der Waals surface area (Å²) in [5.74, 6) is 0. The van der Waals surface area contributed by atoms with Gasteiger partial charge in [-0.3, -0.25) is 0 Å². The van der Waals surface area contributed by atoms with Crippen LogP contribution in [-0.2, 0) is 6.42 Å². The Kier molecular flexibility index (Phi) is 5.95. The van der Waals surface area contributed by atoms with Crippen LogP contribution >= 0.6 is 39.0 Å². The van der Waals surface area contributed by atoms with Crippen LogP contribution in [0.4, 0.5) is 0 Å². The van der Waals surface area contributed by atoms with Crippen LogP contribution in [0.25, 0.3) is 0 Å². The van der Waals surface area contributed by atoms with Crippen LogP contribution in [0.15, 0.2) is 45.1 Å². The van der Waals surface area contributed by atoms with Crippen LogP contribution in [0.2, 0.25) is 0 Å². The molecule has 1 unspecified atom stereocenters. The second-order valence-corrected chi connectivity index (χ2v) is 7.01. The predicted molar refractivity (Wildman–Crippen MR) is 90.4 cm³/mol. The average molecular weight is 356 g/mol. The molecule has 0 aliphatic carbocycles. The van der Waals surface area contributed by atoms with Gasteiger partial charge >= 0.3 is 0 Å². The predicted octanol–water partition coefficient (Wildman–Crippen LogP) is 5.13. The lowest BCUT2D eigenvalue weighted by Gasteiger charge is -2.18. The molecule has 0 bridgehead atoms. The van der Waals surface area contributed by atoms with Gasteiger partial charge in [0.1, 0.15) is 0 Å². The zero-order chi connectivity index (χ0) is 13.7. The van der Waals surface area contributed by atoms with Gasteiger partial charge in [-0.05, 0) is 57.9 Å². The summed E-state index contributed by atoms with van der Waals surface area (Å²) in [6, 6.07) is 11.4. The fraction of sp³-hybridized carbons (Fsp3) is 0.333. The Balaban J connectivity index is 2.16. The molecule has 1 aromatic heterocycles.